The summed E-state index contributed by atoms with van der Waals surface area (Å²) in [6.07, 6.45) is 2.44. The second-order valence-electron chi connectivity index (χ2n) is 5.71. The van der Waals surface area contributed by atoms with Crippen molar-refractivity contribution in [2.75, 3.05) is 7.11 Å². The first-order chi connectivity index (χ1) is 11.1. The van der Waals surface area contributed by atoms with Gasteiger partial charge in [-0.05, 0) is 43.2 Å². The van der Waals surface area contributed by atoms with Crippen molar-refractivity contribution >= 4 is 11.9 Å². The number of aryl methyl sites for hydroxylation is 1. The molecule has 6 heteroatoms. The molecule has 2 aromatic rings. The van der Waals surface area contributed by atoms with Crippen LogP contribution in [0.25, 0.3) is 0 Å². The van der Waals surface area contributed by atoms with Gasteiger partial charge in [0.2, 0.25) is 0 Å². The Hall–Kier alpha value is -2.63. The third-order valence-corrected chi connectivity index (χ3v) is 3.96. The molecule has 1 fully saturated rings. The molecule has 0 unspecified atom stereocenters. The average Bonchev–Trinajstić information content (AvgIpc) is 3.35. The summed E-state index contributed by atoms with van der Waals surface area (Å²) in [7, 11) is 3.26. The number of hydrogen-bond acceptors (Lipinski definition) is 4. The first-order valence-electron chi connectivity index (χ1n) is 7.58. The third kappa shape index (κ3) is 3.41. The van der Waals surface area contributed by atoms with Crippen molar-refractivity contribution in [3.8, 4) is 0 Å². The number of amides is 1. The highest BCUT2D eigenvalue weighted by Gasteiger charge is 2.27. The number of esters is 1. The minimum atomic E-state index is -0.418. The number of rotatable bonds is 5. The zero-order chi connectivity index (χ0) is 16.4. The number of ether oxygens (including phenoxy) is 1. The Morgan fingerprint density at radius 1 is 1.26 bits per heavy atom. The number of nitrogens with one attached hydrogen (secondary N) is 1. The minimum Gasteiger partial charge on any atom is -0.465 e. The van der Waals surface area contributed by atoms with E-state index in [4.69, 9.17) is 0 Å². The van der Waals surface area contributed by atoms with Gasteiger partial charge in [-0.15, -0.1) is 0 Å². The van der Waals surface area contributed by atoms with Gasteiger partial charge >= 0.3 is 5.97 Å². The molecule has 1 saturated carbocycles. The second-order valence-corrected chi connectivity index (χ2v) is 5.71. The van der Waals surface area contributed by atoms with Crippen LogP contribution in [0, 0.1) is 0 Å². The van der Waals surface area contributed by atoms with Crippen LogP contribution in [0.3, 0.4) is 0 Å². The fourth-order valence-corrected chi connectivity index (χ4v) is 2.54. The molecule has 0 saturated heterocycles. The van der Waals surface area contributed by atoms with Gasteiger partial charge in [-0.25, -0.2) is 4.79 Å². The Balaban J connectivity index is 1.60. The molecule has 1 heterocycles. The molecule has 1 aliphatic carbocycles. The topological polar surface area (TPSA) is 73.2 Å². The van der Waals surface area contributed by atoms with Crippen LogP contribution in [0.1, 0.15) is 50.9 Å². The van der Waals surface area contributed by atoms with Crippen LogP contribution >= 0.6 is 0 Å². The first kappa shape index (κ1) is 15.3. The Morgan fingerprint density at radius 2 is 1.91 bits per heavy atom. The van der Waals surface area contributed by atoms with Gasteiger partial charge in [-0.2, -0.15) is 5.10 Å². The predicted molar refractivity (Wildman–Crippen MR) is 84.1 cm³/mol. The fraction of sp³-hybridized carbons (Fsp3) is 0.353. The molecule has 0 aliphatic heterocycles. The van der Waals surface area contributed by atoms with E-state index in [-0.39, 0.29) is 5.91 Å². The fourth-order valence-electron chi connectivity index (χ4n) is 2.54. The van der Waals surface area contributed by atoms with Crippen molar-refractivity contribution in [2.24, 2.45) is 7.05 Å². The molecule has 120 valence electrons. The molecular formula is C17H19N3O3. The number of methoxy groups -OCH3 is 1. The summed E-state index contributed by atoms with van der Waals surface area (Å²) >= 11 is 0. The van der Waals surface area contributed by atoms with E-state index < -0.39 is 5.97 Å². The zero-order valence-corrected chi connectivity index (χ0v) is 13.2. The summed E-state index contributed by atoms with van der Waals surface area (Å²) < 4.78 is 6.52. The molecule has 6 nitrogen and oxygen atoms in total. The van der Waals surface area contributed by atoms with Gasteiger partial charge < -0.3 is 10.1 Å². The summed E-state index contributed by atoms with van der Waals surface area (Å²) in [6, 6.07) is 8.42. The van der Waals surface area contributed by atoms with Gasteiger partial charge in [-0.1, -0.05) is 0 Å². The second kappa shape index (κ2) is 6.24. The van der Waals surface area contributed by atoms with Gasteiger partial charge in [0.05, 0.1) is 24.9 Å². The normalized spacial score (nSPS) is 13.7. The SMILES string of the molecule is COC(=O)c1ccc(C(=O)NCc2cc(C3CC3)n(C)n2)cc1. The van der Waals surface area contributed by atoms with Gasteiger partial charge in [0, 0.05) is 24.2 Å². The highest BCUT2D eigenvalue weighted by Crippen LogP contribution is 2.39. The summed E-state index contributed by atoms with van der Waals surface area (Å²) in [5, 5.41) is 7.27. The number of aromatic nitrogens is 2. The first-order valence-corrected chi connectivity index (χ1v) is 7.58. The van der Waals surface area contributed by atoms with Gasteiger partial charge in [0.25, 0.3) is 5.91 Å². The van der Waals surface area contributed by atoms with Crippen LogP contribution in [0.2, 0.25) is 0 Å². The lowest BCUT2D eigenvalue weighted by Crippen LogP contribution is -2.23. The zero-order valence-electron chi connectivity index (χ0n) is 13.2. The highest BCUT2D eigenvalue weighted by atomic mass is 16.5. The van der Waals surface area contributed by atoms with Crippen molar-refractivity contribution in [3.05, 3.63) is 52.8 Å². The lowest BCUT2D eigenvalue weighted by molar-refractivity contribution is 0.0600. The summed E-state index contributed by atoms with van der Waals surface area (Å²) in [6.45, 7) is 0.387. The van der Waals surface area contributed by atoms with E-state index in [0.717, 1.165) is 5.69 Å². The van der Waals surface area contributed by atoms with Gasteiger partial charge in [0.1, 0.15) is 0 Å². The number of benzene rings is 1. The Labute approximate surface area is 134 Å². The molecule has 1 aromatic heterocycles. The maximum Gasteiger partial charge on any atom is 0.337 e. The smallest absolute Gasteiger partial charge is 0.337 e. The van der Waals surface area contributed by atoms with Gasteiger partial charge in [-0.3, -0.25) is 9.48 Å². The third-order valence-electron chi connectivity index (χ3n) is 3.96. The largest absolute Gasteiger partial charge is 0.465 e. The van der Waals surface area contributed by atoms with E-state index in [2.05, 4.69) is 21.2 Å². The van der Waals surface area contributed by atoms with Crippen LogP contribution in [0.15, 0.2) is 30.3 Å². The lowest BCUT2D eigenvalue weighted by Gasteiger charge is -2.04. The van der Waals surface area contributed by atoms with Crippen molar-refractivity contribution < 1.29 is 14.3 Å². The highest BCUT2D eigenvalue weighted by molar-refractivity contribution is 5.96. The Morgan fingerprint density at radius 3 is 2.52 bits per heavy atom. The van der Waals surface area contributed by atoms with E-state index in [1.807, 2.05) is 11.7 Å². The van der Waals surface area contributed by atoms with Crippen LogP contribution in [0.5, 0.6) is 0 Å². The minimum absolute atomic E-state index is 0.194. The molecular weight excluding hydrogens is 294 g/mol. The lowest BCUT2D eigenvalue weighted by atomic mass is 10.1. The molecule has 1 aliphatic rings. The molecule has 23 heavy (non-hydrogen) atoms. The molecule has 0 bridgehead atoms. The summed E-state index contributed by atoms with van der Waals surface area (Å²) in [5.41, 5.74) is 3.00. The Kier molecular flexibility index (Phi) is 4.14. The van der Waals surface area contributed by atoms with Crippen molar-refractivity contribution in [1.82, 2.24) is 15.1 Å². The number of carbonyl (C=O) groups excluding carboxylic acids is 2. The van der Waals surface area contributed by atoms with Crippen molar-refractivity contribution in [3.63, 3.8) is 0 Å². The maximum atomic E-state index is 12.1. The van der Waals surface area contributed by atoms with E-state index in [1.54, 1.807) is 24.3 Å². The van der Waals surface area contributed by atoms with Crippen LogP contribution in [-0.4, -0.2) is 28.8 Å². The average molecular weight is 313 g/mol. The van der Waals surface area contributed by atoms with Crippen molar-refractivity contribution in [2.45, 2.75) is 25.3 Å². The number of hydrogen-bond donors (Lipinski definition) is 1. The number of nitrogens with zero attached hydrogens (tertiary/aromatic N) is 2. The quantitative estimate of drug-likeness (QED) is 0.857. The van der Waals surface area contributed by atoms with Crippen LogP contribution < -0.4 is 5.32 Å². The molecule has 3 rings (SSSR count). The van der Waals surface area contributed by atoms with E-state index in [1.165, 1.54) is 25.6 Å². The summed E-state index contributed by atoms with van der Waals surface area (Å²) in [5.74, 6) is 0.0147. The standard InChI is InChI=1S/C17H19N3O3/c1-20-15(11-3-4-11)9-14(19-20)10-18-16(21)12-5-7-13(8-6-12)17(22)23-2/h5-9,11H,3-4,10H2,1-2H3,(H,18,21). The van der Waals surface area contributed by atoms with E-state index >= 15 is 0 Å². The molecule has 1 N–H and O–H groups in total. The molecule has 0 atom stereocenters. The maximum absolute atomic E-state index is 12.1. The predicted octanol–water partition coefficient (Wildman–Crippen LogP) is 2.01. The molecule has 0 spiro atoms. The number of carbonyl (C=O) groups is 2. The van der Waals surface area contributed by atoms with Crippen molar-refractivity contribution in [1.29, 1.82) is 0 Å². The summed E-state index contributed by atoms with van der Waals surface area (Å²) in [4.78, 5) is 23.5. The monoisotopic (exact) mass is 313 g/mol. The van der Waals surface area contributed by atoms with Gasteiger partial charge in [0.15, 0.2) is 0 Å². The van der Waals surface area contributed by atoms with Crippen LogP contribution in [-0.2, 0) is 18.3 Å². The Bertz CT molecular complexity index is 730. The molecule has 1 amide bonds. The van der Waals surface area contributed by atoms with E-state index in [9.17, 15) is 9.59 Å². The molecule has 1 aromatic carbocycles. The van der Waals surface area contributed by atoms with Crippen LogP contribution in [0.4, 0.5) is 0 Å². The van der Waals surface area contributed by atoms with E-state index in [0.29, 0.717) is 23.6 Å². The molecule has 0 radical (unpaired) electrons.